The lowest BCUT2D eigenvalue weighted by molar-refractivity contribution is -0.0610. The van der Waals surface area contributed by atoms with E-state index in [9.17, 15) is 0 Å². The first-order valence-corrected chi connectivity index (χ1v) is 7.95. The van der Waals surface area contributed by atoms with Crippen LogP contribution in [0.25, 0.3) is 0 Å². The number of hydrogen-bond donors (Lipinski definition) is 1. The Balaban J connectivity index is 0. The summed E-state index contributed by atoms with van der Waals surface area (Å²) >= 11 is 0. The number of ether oxygens (including phenoxy) is 1. The van der Waals surface area contributed by atoms with Crippen LogP contribution in [0, 0.1) is 0 Å². The minimum atomic E-state index is 0.416. The zero-order valence-corrected chi connectivity index (χ0v) is 14.9. The molecule has 0 spiro atoms. The van der Waals surface area contributed by atoms with Crippen LogP contribution in [-0.2, 0) is 4.74 Å². The molecule has 20 heavy (non-hydrogen) atoms. The van der Waals surface area contributed by atoms with Crippen molar-refractivity contribution in [1.82, 2.24) is 4.90 Å². The van der Waals surface area contributed by atoms with E-state index in [0.717, 1.165) is 7.11 Å². The van der Waals surface area contributed by atoms with E-state index in [1.54, 1.807) is 0 Å². The molecule has 1 aliphatic heterocycles. The van der Waals surface area contributed by atoms with Crippen LogP contribution >= 0.6 is 0 Å². The molecule has 0 amide bonds. The predicted octanol–water partition coefficient (Wildman–Crippen LogP) is 3.87. The third-order valence-electron chi connectivity index (χ3n) is 3.65. The number of nitrogens with zero attached hydrogens (tertiary/aromatic N) is 1. The maximum atomic E-state index is 7.00. The molecule has 3 nitrogen and oxygen atoms in total. The number of rotatable bonds is 4. The SMILES string of the molecule is C/C=C(\C)CCN(C)C1CC(C)OC(C)C1.CC.CO. The van der Waals surface area contributed by atoms with E-state index in [1.807, 2.05) is 13.8 Å². The molecule has 1 aliphatic rings. The lowest BCUT2D eigenvalue weighted by Crippen LogP contribution is -2.42. The molecule has 0 aromatic heterocycles. The normalized spacial score (nSPS) is 26.3. The molecule has 0 radical (unpaired) electrons. The first-order chi connectivity index (χ1) is 9.52. The Kier molecular flexibility index (Phi) is 14.9. The molecule has 0 aliphatic carbocycles. The van der Waals surface area contributed by atoms with Crippen LogP contribution in [0.5, 0.6) is 0 Å². The third kappa shape index (κ3) is 9.51. The van der Waals surface area contributed by atoms with Gasteiger partial charge in [-0.2, -0.15) is 0 Å². The summed E-state index contributed by atoms with van der Waals surface area (Å²) in [5, 5.41) is 7.00. The summed E-state index contributed by atoms with van der Waals surface area (Å²) in [6, 6.07) is 0.698. The highest BCUT2D eigenvalue weighted by Crippen LogP contribution is 2.23. The van der Waals surface area contributed by atoms with Gasteiger partial charge in [0.15, 0.2) is 0 Å². The Hall–Kier alpha value is -0.380. The van der Waals surface area contributed by atoms with Gasteiger partial charge in [-0.1, -0.05) is 25.5 Å². The molecular weight excluding hydrogens is 250 g/mol. The first-order valence-electron chi connectivity index (χ1n) is 7.95. The lowest BCUT2D eigenvalue weighted by atomic mass is 9.98. The van der Waals surface area contributed by atoms with Gasteiger partial charge >= 0.3 is 0 Å². The summed E-state index contributed by atoms with van der Waals surface area (Å²) in [6.07, 6.45) is 6.58. The highest BCUT2D eigenvalue weighted by atomic mass is 16.5. The number of hydrogen-bond acceptors (Lipinski definition) is 3. The fraction of sp³-hybridized carbons (Fsp3) is 0.882. The quantitative estimate of drug-likeness (QED) is 0.797. The molecule has 2 unspecified atom stereocenters. The zero-order chi connectivity index (χ0) is 16.1. The minimum absolute atomic E-state index is 0.416. The highest BCUT2D eigenvalue weighted by Gasteiger charge is 2.26. The Morgan fingerprint density at radius 1 is 1.20 bits per heavy atom. The maximum absolute atomic E-state index is 7.00. The zero-order valence-electron chi connectivity index (χ0n) is 14.9. The molecule has 2 atom stereocenters. The van der Waals surface area contributed by atoms with Gasteiger partial charge in [-0.15, -0.1) is 0 Å². The molecule has 3 heteroatoms. The molecule has 1 rings (SSSR count). The molecule has 0 bridgehead atoms. The third-order valence-corrected chi connectivity index (χ3v) is 3.65. The average molecular weight is 287 g/mol. The second kappa shape index (κ2) is 13.6. The summed E-state index contributed by atoms with van der Waals surface area (Å²) in [5.41, 5.74) is 1.49. The van der Waals surface area contributed by atoms with Crippen molar-refractivity contribution in [1.29, 1.82) is 0 Å². The van der Waals surface area contributed by atoms with Gasteiger partial charge in [0, 0.05) is 19.7 Å². The van der Waals surface area contributed by atoms with E-state index >= 15 is 0 Å². The van der Waals surface area contributed by atoms with Gasteiger partial charge in [-0.3, -0.25) is 0 Å². The number of aliphatic hydroxyl groups excluding tert-OH is 1. The molecule has 0 aromatic rings. The Morgan fingerprint density at radius 2 is 1.65 bits per heavy atom. The molecule has 1 saturated heterocycles. The molecule has 0 aromatic carbocycles. The van der Waals surface area contributed by atoms with E-state index in [1.165, 1.54) is 31.4 Å². The van der Waals surface area contributed by atoms with Crippen molar-refractivity contribution in [2.45, 2.75) is 79.1 Å². The Labute approximate surface area is 127 Å². The molecule has 1 N–H and O–H groups in total. The molecule has 1 heterocycles. The summed E-state index contributed by atoms with van der Waals surface area (Å²) in [6.45, 7) is 13.9. The summed E-state index contributed by atoms with van der Waals surface area (Å²) in [5.74, 6) is 0. The number of allylic oxidation sites excluding steroid dienone is 1. The molecule has 0 saturated carbocycles. The Morgan fingerprint density at radius 3 is 2.05 bits per heavy atom. The average Bonchev–Trinajstić information content (AvgIpc) is 2.47. The van der Waals surface area contributed by atoms with Gasteiger partial charge < -0.3 is 14.7 Å². The first kappa shape index (κ1) is 21.9. The van der Waals surface area contributed by atoms with E-state index < -0.39 is 0 Å². The van der Waals surface area contributed by atoms with E-state index in [-0.39, 0.29) is 0 Å². The Bertz CT molecular complexity index is 231. The fourth-order valence-corrected chi connectivity index (χ4v) is 2.41. The van der Waals surface area contributed by atoms with Crippen molar-refractivity contribution in [3.8, 4) is 0 Å². The molecular formula is C17H37NO2. The van der Waals surface area contributed by atoms with Gasteiger partial charge in [0.2, 0.25) is 0 Å². The summed E-state index contributed by atoms with van der Waals surface area (Å²) in [4.78, 5) is 2.50. The van der Waals surface area contributed by atoms with Crippen molar-refractivity contribution >= 4 is 0 Å². The summed E-state index contributed by atoms with van der Waals surface area (Å²) in [7, 11) is 3.25. The standard InChI is InChI=1S/C14H27NO.C2H6.CH4O/c1-6-11(2)7-8-15(5)14-9-12(3)16-13(4)10-14;2*1-2/h6,12-14H,7-10H2,1-5H3;1-2H3;2H,1H3/b11-6+;;. The van der Waals surface area contributed by atoms with Crippen LogP contribution in [0.1, 0.15) is 60.8 Å². The molecule has 122 valence electrons. The van der Waals surface area contributed by atoms with Crippen LogP contribution in [-0.4, -0.2) is 49.0 Å². The second-order valence-electron chi connectivity index (χ2n) is 5.25. The van der Waals surface area contributed by atoms with Crippen LogP contribution in [0.4, 0.5) is 0 Å². The maximum Gasteiger partial charge on any atom is 0.0565 e. The van der Waals surface area contributed by atoms with Crippen molar-refractivity contribution in [2.24, 2.45) is 0 Å². The van der Waals surface area contributed by atoms with E-state index in [2.05, 4.69) is 45.7 Å². The van der Waals surface area contributed by atoms with Crippen LogP contribution in [0.2, 0.25) is 0 Å². The van der Waals surface area contributed by atoms with Gasteiger partial charge in [-0.05, 0) is 54.0 Å². The van der Waals surface area contributed by atoms with Crippen LogP contribution < -0.4 is 0 Å². The van der Waals surface area contributed by atoms with Crippen molar-refractivity contribution in [2.75, 3.05) is 20.7 Å². The minimum Gasteiger partial charge on any atom is -0.400 e. The van der Waals surface area contributed by atoms with Gasteiger partial charge in [-0.25, -0.2) is 0 Å². The molecule has 1 fully saturated rings. The van der Waals surface area contributed by atoms with Crippen molar-refractivity contribution in [3.05, 3.63) is 11.6 Å². The van der Waals surface area contributed by atoms with E-state index in [0.29, 0.717) is 18.2 Å². The topological polar surface area (TPSA) is 32.7 Å². The predicted molar refractivity (Wildman–Crippen MR) is 89.2 cm³/mol. The highest BCUT2D eigenvalue weighted by molar-refractivity contribution is 4.96. The van der Waals surface area contributed by atoms with Gasteiger partial charge in [0.05, 0.1) is 12.2 Å². The fourth-order valence-electron chi connectivity index (χ4n) is 2.41. The monoisotopic (exact) mass is 287 g/mol. The van der Waals surface area contributed by atoms with Crippen molar-refractivity contribution in [3.63, 3.8) is 0 Å². The van der Waals surface area contributed by atoms with E-state index in [4.69, 9.17) is 9.84 Å². The van der Waals surface area contributed by atoms with Crippen molar-refractivity contribution < 1.29 is 9.84 Å². The lowest BCUT2D eigenvalue weighted by Gasteiger charge is -2.37. The van der Waals surface area contributed by atoms with Crippen LogP contribution in [0.15, 0.2) is 11.6 Å². The largest absolute Gasteiger partial charge is 0.400 e. The number of aliphatic hydroxyl groups is 1. The second-order valence-corrected chi connectivity index (χ2v) is 5.25. The van der Waals surface area contributed by atoms with Gasteiger partial charge in [0.25, 0.3) is 0 Å². The van der Waals surface area contributed by atoms with Gasteiger partial charge in [0.1, 0.15) is 0 Å². The van der Waals surface area contributed by atoms with Crippen LogP contribution in [0.3, 0.4) is 0 Å². The smallest absolute Gasteiger partial charge is 0.0565 e. The summed E-state index contributed by atoms with van der Waals surface area (Å²) < 4.78 is 5.78.